The first-order chi connectivity index (χ1) is 8.99. The topological polar surface area (TPSA) is 61.6 Å². The minimum atomic E-state index is -2.50. The van der Waals surface area contributed by atoms with Crippen LogP contribution in [0.15, 0.2) is 42.1 Å². The van der Waals surface area contributed by atoms with Crippen LogP contribution in [0.4, 0.5) is 0 Å². The molecule has 5 heteroatoms. The highest BCUT2D eigenvalue weighted by molar-refractivity contribution is 7.72. The van der Waals surface area contributed by atoms with Gasteiger partial charge in [0.25, 0.3) is 15.3 Å². The van der Waals surface area contributed by atoms with E-state index in [0.717, 1.165) is 16.7 Å². The molecule has 0 spiro atoms. The molecular formula is C14H15NO3S. The summed E-state index contributed by atoms with van der Waals surface area (Å²) in [4.78, 5) is -0.123. The van der Waals surface area contributed by atoms with Crippen molar-refractivity contribution >= 4 is 15.3 Å². The molecule has 1 aliphatic rings. The molecule has 1 N–H and O–H groups in total. The minimum absolute atomic E-state index is 0.123. The maximum atomic E-state index is 11.6. The Labute approximate surface area is 113 Å². The van der Waals surface area contributed by atoms with Crippen LogP contribution in [0.2, 0.25) is 0 Å². The molecule has 1 aromatic rings. The van der Waals surface area contributed by atoms with Crippen molar-refractivity contribution < 1.29 is 13.5 Å². The van der Waals surface area contributed by atoms with E-state index in [2.05, 4.69) is 0 Å². The second kappa shape index (κ2) is 5.52. The predicted octanol–water partition coefficient (Wildman–Crippen LogP) is 0.691. The zero-order chi connectivity index (χ0) is 14.0. The van der Waals surface area contributed by atoms with Crippen LogP contribution in [-0.4, -0.2) is 13.4 Å². The minimum Gasteiger partial charge on any atom is -0.623 e. The number of hydrogen-bond donors (Lipinski definition) is 1. The Hall–Kier alpha value is -1.69. The molecule has 1 atom stereocenters. The number of allylic oxidation sites excluding steroid dienone is 2. The van der Waals surface area contributed by atoms with Crippen molar-refractivity contribution in [2.45, 2.75) is 20.3 Å². The van der Waals surface area contributed by atoms with E-state index in [0.29, 0.717) is 12.0 Å². The van der Waals surface area contributed by atoms with Crippen LogP contribution in [0, 0.1) is 19.1 Å². The van der Waals surface area contributed by atoms with Crippen molar-refractivity contribution in [1.82, 2.24) is 0 Å². The average Bonchev–Trinajstić information content (AvgIpc) is 2.32. The van der Waals surface area contributed by atoms with Gasteiger partial charge in [0.15, 0.2) is 0 Å². The summed E-state index contributed by atoms with van der Waals surface area (Å²) < 4.78 is 22.3. The van der Waals surface area contributed by atoms with Gasteiger partial charge in [-0.2, -0.15) is 8.42 Å². The van der Waals surface area contributed by atoms with Gasteiger partial charge in [-0.15, -0.1) is 0 Å². The second-order valence-corrected chi connectivity index (χ2v) is 5.46. The largest absolute Gasteiger partial charge is 0.623 e. The van der Waals surface area contributed by atoms with Crippen molar-refractivity contribution in [2.75, 3.05) is 0 Å². The van der Waals surface area contributed by atoms with Crippen molar-refractivity contribution in [2.24, 2.45) is 0 Å². The molecule has 0 saturated carbocycles. The first-order valence-corrected chi connectivity index (χ1v) is 7.01. The molecule has 2 rings (SSSR count). The van der Waals surface area contributed by atoms with Crippen LogP contribution in [0.5, 0.6) is 0 Å². The lowest BCUT2D eigenvalue weighted by atomic mass is 9.98. The molecule has 4 nitrogen and oxygen atoms in total. The molecule has 19 heavy (non-hydrogen) atoms. The van der Waals surface area contributed by atoms with Gasteiger partial charge in [0.2, 0.25) is 0 Å². The maximum absolute atomic E-state index is 11.6. The van der Waals surface area contributed by atoms with Crippen molar-refractivity contribution in [3.05, 3.63) is 64.0 Å². The molecular weight excluding hydrogens is 262 g/mol. The molecule has 1 aromatic carbocycles. The molecule has 0 aromatic heterocycles. The summed E-state index contributed by atoms with van der Waals surface area (Å²) in [5, 5.41) is 11.2. The van der Waals surface area contributed by atoms with Gasteiger partial charge in [0, 0.05) is 12.0 Å². The first-order valence-electron chi connectivity index (χ1n) is 5.93. The van der Waals surface area contributed by atoms with E-state index in [1.165, 1.54) is 6.20 Å². The molecule has 1 heterocycles. The van der Waals surface area contributed by atoms with E-state index in [1.807, 2.05) is 32.0 Å². The number of hydroxylamine groups is 2. The van der Waals surface area contributed by atoms with Gasteiger partial charge in [0.1, 0.15) is 6.20 Å². The Kier molecular flexibility index (Phi) is 3.99. The normalized spacial score (nSPS) is 18.4. The Morgan fingerprint density at radius 2 is 2.00 bits per heavy atom. The predicted molar refractivity (Wildman–Crippen MR) is 75.1 cm³/mol. The SMILES string of the molecule is Cc1ccc(CC2=CC=C[NH+]([O-])C2=S(=O)=O)c(C)c1. The van der Waals surface area contributed by atoms with E-state index in [1.54, 1.807) is 12.2 Å². The highest BCUT2D eigenvalue weighted by Crippen LogP contribution is 2.15. The fraction of sp³-hybridized carbons (Fsp3) is 0.214. The smallest absolute Gasteiger partial charge is 0.277 e. The van der Waals surface area contributed by atoms with Crippen LogP contribution in [-0.2, 0) is 16.7 Å². The number of hydrogen-bond acceptors (Lipinski definition) is 3. The van der Waals surface area contributed by atoms with Crippen molar-refractivity contribution in [1.29, 1.82) is 0 Å². The van der Waals surface area contributed by atoms with E-state index >= 15 is 0 Å². The molecule has 0 amide bonds. The lowest BCUT2D eigenvalue weighted by molar-refractivity contribution is -0.680. The third-order valence-corrected chi connectivity index (χ3v) is 3.90. The maximum Gasteiger partial charge on any atom is 0.277 e. The van der Waals surface area contributed by atoms with Crippen LogP contribution >= 0.6 is 0 Å². The summed E-state index contributed by atoms with van der Waals surface area (Å²) in [5.41, 5.74) is 3.83. The first kappa shape index (κ1) is 13.7. The summed E-state index contributed by atoms with van der Waals surface area (Å²) in [6.07, 6.45) is 5.01. The lowest BCUT2D eigenvalue weighted by Gasteiger charge is -2.21. The number of rotatable bonds is 2. The molecule has 1 unspecified atom stereocenters. The molecule has 1 aliphatic heterocycles. The van der Waals surface area contributed by atoms with E-state index in [9.17, 15) is 13.6 Å². The van der Waals surface area contributed by atoms with Gasteiger partial charge in [-0.05, 0) is 37.1 Å². The summed E-state index contributed by atoms with van der Waals surface area (Å²) in [7, 11) is -2.50. The van der Waals surface area contributed by atoms with Gasteiger partial charge in [-0.25, -0.2) is 0 Å². The van der Waals surface area contributed by atoms with Crippen LogP contribution in [0.3, 0.4) is 0 Å². The summed E-state index contributed by atoms with van der Waals surface area (Å²) in [5.74, 6) is 0. The number of quaternary nitrogens is 1. The van der Waals surface area contributed by atoms with E-state index in [4.69, 9.17) is 0 Å². The molecule has 100 valence electrons. The molecule has 0 radical (unpaired) electrons. The van der Waals surface area contributed by atoms with E-state index in [-0.39, 0.29) is 4.99 Å². The van der Waals surface area contributed by atoms with Gasteiger partial charge in [-0.1, -0.05) is 23.8 Å². The number of nitrogens with one attached hydrogen (secondary N) is 1. The van der Waals surface area contributed by atoms with Gasteiger partial charge < -0.3 is 10.3 Å². The van der Waals surface area contributed by atoms with Crippen molar-refractivity contribution in [3.8, 4) is 0 Å². The standard InChI is InChI=1S/C14H15NO3S/c1-10-5-6-12(11(2)8-10)9-13-4-3-7-15(16)14(13)19(17)18/h3-8,15H,9H2,1-2H3. The number of benzene rings is 1. The highest BCUT2D eigenvalue weighted by atomic mass is 32.2. The van der Waals surface area contributed by atoms with Crippen molar-refractivity contribution in [3.63, 3.8) is 0 Å². The zero-order valence-electron chi connectivity index (χ0n) is 10.8. The summed E-state index contributed by atoms with van der Waals surface area (Å²) in [6.45, 7) is 3.99. The quantitative estimate of drug-likeness (QED) is 0.639. The fourth-order valence-corrected chi connectivity index (χ4v) is 2.73. The Morgan fingerprint density at radius 1 is 1.26 bits per heavy atom. The third-order valence-electron chi connectivity index (χ3n) is 3.11. The van der Waals surface area contributed by atoms with Crippen LogP contribution in [0.1, 0.15) is 16.7 Å². The van der Waals surface area contributed by atoms with Crippen LogP contribution < -0.4 is 5.06 Å². The van der Waals surface area contributed by atoms with E-state index < -0.39 is 15.4 Å². The summed E-state index contributed by atoms with van der Waals surface area (Å²) >= 11 is 0. The van der Waals surface area contributed by atoms with Gasteiger partial charge >= 0.3 is 0 Å². The molecule has 0 bridgehead atoms. The van der Waals surface area contributed by atoms with Gasteiger partial charge in [0.05, 0.1) is 0 Å². The Morgan fingerprint density at radius 3 is 2.63 bits per heavy atom. The molecule has 0 aliphatic carbocycles. The average molecular weight is 277 g/mol. The summed E-state index contributed by atoms with van der Waals surface area (Å²) in [6, 6.07) is 6.00. The number of aryl methyl sites for hydroxylation is 2. The Balaban J connectivity index is 2.40. The van der Waals surface area contributed by atoms with Gasteiger partial charge in [-0.3, -0.25) is 0 Å². The third kappa shape index (κ3) is 3.01. The zero-order valence-corrected chi connectivity index (χ0v) is 11.6. The highest BCUT2D eigenvalue weighted by Gasteiger charge is 2.19. The second-order valence-electron chi connectivity index (χ2n) is 4.59. The molecule has 0 saturated heterocycles. The van der Waals surface area contributed by atoms with Crippen LogP contribution in [0.25, 0.3) is 0 Å². The lowest BCUT2D eigenvalue weighted by Crippen LogP contribution is -3.06. The fourth-order valence-electron chi connectivity index (χ4n) is 2.14. The monoisotopic (exact) mass is 277 g/mol. The Bertz CT molecular complexity index is 691. The molecule has 0 fully saturated rings.